The lowest BCUT2D eigenvalue weighted by atomic mass is 10.3. The van der Waals surface area contributed by atoms with Gasteiger partial charge in [0.1, 0.15) is 0 Å². The van der Waals surface area contributed by atoms with Crippen molar-refractivity contribution in [3.8, 4) is 0 Å². The molecule has 0 radical (unpaired) electrons. The van der Waals surface area contributed by atoms with Gasteiger partial charge in [0.05, 0.1) is 31.2 Å². The van der Waals surface area contributed by atoms with E-state index in [0.717, 1.165) is 11.3 Å². The molecule has 2 aromatic carbocycles. The topological polar surface area (TPSA) is 58.2 Å². The molecule has 3 rings (SSSR count). The maximum atomic E-state index is 12.4. The molecule has 0 fully saturated rings. The highest BCUT2D eigenvalue weighted by molar-refractivity contribution is 7.16. The molecule has 9 heteroatoms. The van der Waals surface area contributed by atoms with Crippen LogP contribution in [0.25, 0.3) is 0 Å². The molecule has 0 saturated carbocycles. The van der Waals surface area contributed by atoms with Gasteiger partial charge in [0, 0.05) is 10.0 Å². The van der Waals surface area contributed by atoms with Crippen molar-refractivity contribution in [2.75, 3.05) is 10.6 Å². The van der Waals surface area contributed by atoms with Gasteiger partial charge < -0.3 is 10.6 Å². The predicted molar refractivity (Wildman–Crippen MR) is 113 cm³/mol. The van der Waals surface area contributed by atoms with E-state index in [4.69, 9.17) is 46.4 Å². The Hall–Kier alpha value is -1.76. The van der Waals surface area contributed by atoms with Crippen LogP contribution in [0.3, 0.4) is 0 Å². The Morgan fingerprint density at radius 1 is 0.667 bits per heavy atom. The fourth-order valence-corrected chi connectivity index (χ4v) is 3.61. The molecule has 0 aliphatic carbocycles. The van der Waals surface area contributed by atoms with Crippen LogP contribution in [-0.4, -0.2) is 11.8 Å². The van der Waals surface area contributed by atoms with E-state index in [0.29, 0.717) is 41.2 Å². The molecule has 1 heterocycles. The number of hydrogen-bond donors (Lipinski definition) is 2. The first-order valence-corrected chi connectivity index (χ1v) is 9.79. The maximum absolute atomic E-state index is 12.4. The summed E-state index contributed by atoms with van der Waals surface area (Å²) in [4.78, 5) is 25.5. The first-order valence-electron chi connectivity index (χ1n) is 7.46. The summed E-state index contributed by atoms with van der Waals surface area (Å²) in [5.74, 6) is -0.798. The Labute approximate surface area is 179 Å². The summed E-state index contributed by atoms with van der Waals surface area (Å²) in [6.07, 6.45) is 0. The van der Waals surface area contributed by atoms with Crippen molar-refractivity contribution in [2.45, 2.75) is 0 Å². The average Bonchev–Trinajstić information content (AvgIpc) is 3.12. The van der Waals surface area contributed by atoms with E-state index in [1.54, 1.807) is 48.5 Å². The number of anilines is 2. The van der Waals surface area contributed by atoms with Gasteiger partial charge in [0.15, 0.2) is 0 Å². The highest BCUT2D eigenvalue weighted by Crippen LogP contribution is 2.28. The van der Waals surface area contributed by atoms with E-state index < -0.39 is 11.8 Å². The molecule has 3 aromatic rings. The fraction of sp³-hybridized carbons (Fsp3) is 0. The third-order valence-electron chi connectivity index (χ3n) is 3.41. The summed E-state index contributed by atoms with van der Waals surface area (Å²) in [6.45, 7) is 0. The van der Waals surface area contributed by atoms with Crippen molar-refractivity contribution in [1.29, 1.82) is 0 Å². The van der Waals surface area contributed by atoms with Crippen LogP contribution in [0.1, 0.15) is 19.3 Å². The molecule has 0 atom stereocenters. The van der Waals surface area contributed by atoms with Crippen LogP contribution in [0.15, 0.2) is 48.5 Å². The molecule has 0 spiro atoms. The lowest BCUT2D eigenvalue weighted by molar-refractivity contribution is 0.102. The van der Waals surface area contributed by atoms with Crippen molar-refractivity contribution in [2.24, 2.45) is 0 Å². The Morgan fingerprint density at radius 2 is 1.07 bits per heavy atom. The first-order chi connectivity index (χ1) is 12.8. The summed E-state index contributed by atoms with van der Waals surface area (Å²) < 4.78 is 0. The number of nitrogens with one attached hydrogen (secondary N) is 2. The molecule has 27 heavy (non-hydrogen) atoms. The lowest BCUT2D eigenvalue weighted by Gasteiger charge is -2.07. The summed E-state index contributed by atoms with van der Waals surface area (Å²) in [5, 5.41) is 6.95. The van der Waals surface area contributed by atoms with Gasteiger partial charge in [0.25, 0.3) is 11.8 Å². The van der Waals surface area contributed by atoms with Crippen LogP contribution >= 0.6 is 57.7 Å². The number of hydrogen-bond acceptors (Lipinski definition) is 3. The van der Waals surface area contributed by atoms with Gasteiger partial charge in [0.2, 0.25) is 0 Å². The van der Waals surface area contributed by atoms with Crippen LogP contribution in [0.5, 0.6) is 0 Å². The van der Waals surface area contributed by atoms with Gasteiger partial charge in [-0.1, -0.05) is 46.4 Å². The van der Waals surface area contributed by atoms with Crippen LogP contribution in [0, 0.1) is 0 Å². The minimum atomic E-state index is -0.399. The number of halogens is 4. The molecule has 0 aliphatic rings. The molecule has 138 valence electrons. The van der Waals surface area contributed by atoms with Crippen molar-refractivity contribution in [3.05, 3.63) is 78.4 Å². The Kier molecular flexibility index (Phi) is 6.29. The van der Waals surface area contributed by atoms with Gasteiger partial charge >= 0.3 is 0 Å². The van der Waals surface area contributed by atoms with E-state index in [-0.39, 0.29) is 0 Å². The second-order valence-electron chi connectivity index (χ2n) is 5.32. The molecule has 0 bridgehead atoms. The van der Waals surface area contributed by atoms with E-state index in [1.807, 2.05) is 0 Å². The van der Waals surface area contributed by atoms with Crippen molar-refractivity contribution < 1.29 is 9.59 Å². The molecule has 4 nitrogen and oxygen atoms in total. The lowest BCUT2D eigenvalue weighted by Crippen LogP contribution is -2.11. The number of carbonyl (C=O) groups excluding carboxylic acids is 2. The Bertz CT molecular complexity index is 956. The van der Waals surface area contributed by atoms with Gasteiger partial charge in [-0.2, -0.15) is 0 Å². The van der Waals surface area contributed by atoms with Crippen molar-refractivity contribution in [3.63, 3.8) is 0 Å². The number of carbonyl (C=O) groups is 2. The number of thiophene rings is 1. The summed E-state index contributed by atoms with van der Waals surface area (Å²) in [7, 11) is 0. The second-order valence-corrected chi connectivity index (χ2v) is 8.09. The van der Waals surface area contributed by atoms with Crippen molar-refractivity contribution >= 4 is 80.9 Å². The van der Waals surface area contributed by atoms with E-state index >= 15 is 0 Å². The molecule has 0 aliphatic heterocycles. The first kappa shape index (κ1) is 20.0. The zero-order chi connectivity index (χ0) is 19.6. The predicted octanol–water partition coefficient (Wildman–Crippen LogP) is 6.87. The third kappa shape index (κ3) is 4.94. The van der Waals surface area contributed by atoms with Gasteiger partial charge in [-0.3, -0.25) is 9.59 Å². The fourth-order valence-electron chi connectivity index (χ4n) is 2.14. The third-order valence-corrected chi connectivity index (χ3v) is 5.62. The van der Waals surface area contributed by atoms with Crippen LogP contribution in [0.2, 0.25) is 20.1 Å². The van der Waals surface area contributed by atoms with Gasteiger partial charge in [-0.25, -0.2) is 0 Å². The smallest absolute Gasteiger partial charge is 0.265 e. The van der Waals surface area contributed by atoms with Crippen LogP contribution in [-0.2, 0) is 0 Å². The number of benzene rings is 2. The van der Waals surface area contributed by atoms with E-state index in [9.17, 15) is 9.59 Å². The highest BCUT2D eigenvalue weighted by Gasteiger charge is 2.16. The van der Waals surface area contributed by atoms with Gasteiger partial charge in [-0.15, -0.1) is 11.3 Å². The normalized spacial score (nSPS) is 10.5. The maximum Gasteiger partial charge on any atom is 0.265 e. The average molecular weight is 460 g/mol. The summed E-state index contributed by atoms with van der Waals surface area (Å²) >= 11 is 24.9. The molecule has 1 aromatic heterocycles. The Morgan fingerprint density at radius 3 is 1.48 bits per heavy atom. The largest absolute Gasteiger partial charge is 0.320 e. The standard InChI is InChI=1S/C18H10Cl4N2O2S/c19-9-1-3-11(21)13(7-9)23-17(25)15-5-6-16(27-15)18(26)24-14-8-10(20)2-4-12(14)22/h1-8H,(H,23,25)(H,24,26). The summed E-state index contributed by atoms with van der Waals surface area (Å²) in [5.41, 5.74) is 0.776. The highest BCUT2D eigenvalue weighted by atomic mass is 35.5. The minimum absolute atomic E-state index is 0.341. The van der Waals surface area contributed by atoms with Crippen LogP contribution in [0.4, 0.5) is 11.4 Å². The molecular weight excluding hydrogens is 450 g/mol. The zero-order valence-corrected chi connectivity index (χ0v) is 17.2. The van der Waals surface area contributed by atoms with Crippen LogP contribution < -0.4 is 10.6 Å². The SMILES string of the molecule is O=C(Nc1cc(Cl)ccc1Cl)c1ccc(C(=O)Nc2cc(Cl)ccc2Cl)s1. The summed E-state index contributed by atoms with van der Waals surface area (Å²) in [6, 6.07) is 12.6. The number of rotatable bonds is 4. The monoisotopic (exact) mass is 458 g/mol. The van der Waals surface area contributed by atoms with Crippen molar-refractivity contribution in [1.82, 2.24) is 0 Å². The molecule has 0 saturated heterocycles. The Balaban J connectivity index is 1.73. The zero-order valence-electron chi connectivity index (χ0n) is 13.4. The number of amides is 2. The van der Waals surface area contributed by atoms with E-state index in [2.05, 4.69) is 10.6 Å². The second kappa shape index (κ2) is 8.50. The van der Waals surface area contributed by atoms with E-state index in [1.165, 1.54) is 0 Å². The quantitative estimate of drug-likeness (QED) is 0.447. The molecule has 2 N–H and O–H groups in total. The molecule has 0 unspecified atom stereocenters. The molecular formula is C18H10Cl4N2O2S. The molecule has 2 amide bonds. The minimum Gasteiger partial charge on any atom is -0.320 e. The van der Waals surface area contributed by atoms with Gasteiger partial charge in [-0.05, 0) is 48.5 Å².